The second kappa shape index (κ2) is 7.31. The van der Waals surface area contributed by atoms with Crippen molar-refractivity contribution < 1.29 is 4.74 Å². The van der Waals surface area contributed by atoms with Gasteiger partial charge in [0.1, 0.15) is 11.5 Å². The van der Waals surface area contributed by atoms with E-state index in [1.807, 2.05) is 6.92 Å². The quantitative estimate of drug-likeness (QED) is 0.689. The summed E-state index contributed by atoms with van der Waals surface area (Å²) in [6.07, 6.45) is 3.78. The summed E-state index contributed by atoms with van der Waals surface area (Å²) >= 11 is 0. The maximum atomic E-state index is 11.9. The van der Waals surface area contributed by atoms with Crippen LogP contribution in [0.15, 0.2) is 9.59 Å². The van der Waals surface area contributed by atoms with Crippen molar-refractivity contribution in [2.24, 2.45) is 5.92 Å². The monoisotopic (exact) mass is 296 g/mol. The molecule has 0 amide bonds. The lowest BCUT2D eigenvalue weighted by molar-refractivity contribution is 0.185. The van der Waals surface area contributed by atoms with E-state index in [-0.39, 0.29) is 5.82 Å². The van der Waals surface area contributed by atoms with Crippen molar-refractivity contribution in [3.8, 4) is 0 Å². The fraction of sp³-hybridized carbons (Fsp3) is 0.714. The van der Waals surface area contributed by atoms with Gasteiger partial charge < -0.3 is 15.8 Å². The van der Waals surface area contributed by atoms with Gasteiger partial charge in [0.05, 0.1) is 0 Å². The molecule has 1 aromatic rings. The number of hydrogen-bond acceptors (Lipinski definition) is 5. The van der Waals surface area contributed by atoms with Crippen molar-refractivity contribution in [2.45, 2.75) is 39.2 Å². The van der Waals surface area contributed by atoms with Crippen molar-refractivity contribution >= 4 is 11.5 Å². The first-order valence-electron chi connectivity index (χ1n) is 7.57. The summed E-state index contributed by atoms with van der Waals surface area (Å²) in [5.74, 6) is 0.753. The van der Waals surface area contributed by atoms with Gasteiger partial charge in [-0.05, 0) is 25.2 Å². The summed E-state index contributed by atoms with van der Waals surface area (Å²) < 4.78 is 6.74. The minimum absolute atomic E-state index is 0.222. The molecule has 2 rings (SSSR count). The molecule has 0 saturated carbocycles. The summed E-state index contributed by atoms with van der Waals surface area (Å²) in [7, 11) is 0. The molecule has 2 heterocycles. The maximum Gasteiger partial charge on any atom is 0.330 e. The molecule has 0 spiro atoms. The molecule has 118 valence electrons. The van der Waals surface area contributed by atoms with Crippen molar-refractivity contribution in [2.75, 3.05) is 30.8 Å². The molecule has 0 aliphatic carbocycles. The number of nitrogens with two attached hydrogens (primary N) is 1. The number of aromatic nitrogens is 2. The van der Waals surface area contributed by atoms with Crippen LogP contribution >= 0.6 is 0 Å². The zero-order valence-corrected chi connectivity index (χ0v) is 12.5. The summed E-state index contributed by atoms with van der Waals surface area (Å²) in [5, 5.41) is 3.07. The second-order valence-electron chi connectivity index (χ2n) is 5.47. The van der Waals surface area contributed by atoms with Crippen molar-refractivity contribution in [3.05, 3.63) is 20.8 Å². The van der Waals surface area contributed by atoms with E-state index in [0.717, 1.165) is 38.9 Å². The van der Waals surface area contributed by atoms with Crippen LogP contribution in [0.25, 0.3) is 0 Å². The van der Waals surface area contributed by atoms with Gasteiger partial charge in [-0.2, -0.15) is 0 Å². The fourth-order valence-corrected chi connectivity index (χ4v) is 2.51. The molecule has 7 heteroatoms. The number of rotatable bonds is 7. The third-order valence-corrected chi connectivity index (χ3v) is 3.85. The highest BCUT2D eigenvalue weighted by molar-refractivity contribution is 5.60. The van der Waals surface area contributed by atoms with E-state index < -0.39 is 11.2 Å². The first-order chi connectivity index (χ1) is 10.1. The smallest absolute Gasteiger partial charge is 0.330 e. The van der Waals surface area contributed by atoms with Gasteiger partial charge >= 0.3 is 5.69 Å². The maximum absolute atomic E-state index is 11.9. The molecule has 0 bridgehead atoms. The predicted molar refractivity (Wildman–Crippen MR) is 82.7 cm³/mol. The van der Waals surface area contributed by atoms with Crippen LogP contribution in [0, 0.1) is 5.92 Å². The molecule has 1 aliphatic rings. The highest BCUT2D eigenvalue weighted by Crippen LogP contribution is 2.17. The lowest BCUT2D eigenvalue weighted by atomic mass is 10.1. The minimum Gasteiger partial charge on any atom is -0.383 e. The number of nitrogens with zero attached hydrogens (tertiary/aromatic N) is 1. The van der Waals surface area contributed by atoms with Crippen LogP contribution in [0.1, 0.15) is 32.6 Å². The minimum atomic E-state index is -0.451. The largest absolute Gasteiger partial charge is 0.383 e. The molecule has 1 aliphatic heterocycles. The predicted octanol–water partition coefficient (Wildman–Crippen LogP) is 0.757. The molecule has 21 heavy (non-hydrogen) atoms. The van der Waals surface area contributed by atoms with E-state index in [9.17, 15) is 9.59 Å². The average molecular weight is 296 g/mol. The average Bonchev–Trinajstić information content (AvgIpc) is 2.95. The number of nitrogen functional groups attached to an aromatic ring is 1. The first-order valence-corrected chi connectivity index (χ1v) is 7.57. The van der Waals surface area contributed by atoms with Crippen LogP contribution in [-0.4, -0.2) is 29.3 Å². The van der Waals surface area contributed by atoms with Gasteiger partial charge in [0.15, 0.2) is 0 Å². The van der Waals surface area contributed by atoms with Gasteiger partial charge in [0, 0.05) is 26.3 Å². The Morgan fingerprint density at radius 2 is 2.29 bits per heavy atom. The van der Waals surface area contributed by atoms with E-state index in [2.05, 4.69) is 10.3 Å². The molecule has 0 radical (unpaired) electrons. The SMILES string of the molecule is CCCCn1c(N)c(NCCC2CCOC2)c(=O)[nH]c1=O. The molecule has 0 aromatic carbocycles. The summed E-state index contributed by atoms with van der Waals surface area (Å²) in [4.78, 5) is 26.0. The van der Waals surface area contributed by atoms with E-state index in [0.29, 0.717) is 24.7 Å². The van der Waals surface area contributed by atoms with Crippen LogP contribution in [0.5, 0.6) is 0 Å². The Balaban J connectivity index is 2.06. The summed E-state index contributed by atoms with van der Waals surface area (Å²) in [5.41, 5.74) is 5.38. The van der Waals surface area contributed by atoms with Crippen LogP contribution in [0.4, 0.5) is 11.5 Å². The van der Waals surface area contributed by atoms with Crippen LogP contribution in [0.2, 0.25) is 0 Å². The molecule has 1 atom stereocenters. The Morgan fingerprint density at radius 3 is 2.95 bits per heavy atom. The zero-order valence-electron chi connectivity index (χ0n) is 12.5. The first kappa shape index (κ1) is 15.6. The molecular formula is C14H24N4O3. The fourth-order valence-electron chi connectivity index (χ4n) is 2.51. The molecule has 4 N–H and O–H groups in total. The number of H-pyrrole nitrogens is 1. The van der Waals surface area contributed by atoms with Crippen molar-refractivity contribution in [3.63, 3.8) is 0 Å². The van der Waals surface area contributed by atoms with Gasteiger partial charge in [0.2, 0.25) is 0 Å². The molecule has 7 nitrogen and oxygen atoms in total. The van der Waals surface area contributed by atoms with E-state index in [1.165, 1.54) is 4.57 Å². The molecule has 1 saturated heterocycles. The number of hydrogen-bond donors (Lipinski definition) is 3. The zero-order chi connectivity index (χ0) is 15.2. The van der Waals surface area contributed by atoms with Crippen LogP contribution in [0.3, 0.4) is 0 Å². The Labute approximate surface area is 123 Å². The molecule has 1 unspecified atom stereocenters. The summed E-state index contributed by atoms with van der Waals surface area (Å²) in [6.45, 7) is 4.80. The van der Waals surface area contributed by atoms with Crippen LogP contribution < -0.4 is 22.3 Å². The van der Waals surface area contributed by atoms with Crippen molar-refractivity contribution in [1.82, 2.24) is 9.55 Å². The topological polar surface area (TPSA) is 102 Å². The number of anilines is 2. The van der Waals surface area contributed by atoms with E-state index in [4.69, 9.17) is 10.5 Å². The van der Waals surface area contributed by atoms with E-state index >= 15 is 0 Å². The Kier molecular flexibility index (Phi) is 5.44. The van der Waals surface area contributed by atoms with Gasteiger partial charge in [-0.25, -0.2) is 4.79 Å². The molecular weight excluding hydrogens is 272 g/mol. The number of ether oxygens (including phenoxy) is 1. The van der Waals surface area contributed by atoms with Crippen LogP contribution in [-0.2, 0) is 11.3 Å². The highest BCUT2D eigenvalue weighted by atomic mass is 16.5. The van der Waals surface area contributed by atoms with E-state index in [1.54, 1.807) is 0 Å². The van der Waals surface area contributed by atoms with Crippen molar-refractivity contribution in [1.29, 1.82) is 0 Å². The van der Waals surface area contributed by atoms with Gasteiger partial charge in [-0.3, -0.25) is 14.3 Å². The summed E-state index contributed by atoms with van der Waals surface area (Å²) in [6, 6.07) is 0. The standard InChI is InChI=1S/C14H24N4O3/c1-2-3-7-18-12(15)11(13(19)17-14(18)20)16-6-4-10-5-8-21-9-10/h10,16H,2-9,15H2,1H3,(H,17,19,20). The lowest BCUT2D eigenvalue weighted by Crippen LogP contribution is -2.34. The third kappa shape index (κ3) is 3.87. The Morgan fingerprint density at radius 1 is 1.48 bits per heavy atom. The number of nitrogens with one attached hydrogen (secondary N) is 2. The highest BCUT2D eigenvalue weighted by Gasteiger charge is 2.16. The second-order valence-corrected chi connectivity index (χ2v) is 5.47. The third-order valence-electron chi connectivity index (χ3n) is 3.85. The number of unbranched alkanes of at least 4 members (excludes halogenated alkanes) is 1. The Hall–Kier alpha value is -1.76. The molecule has 1 aromatic heterocycles. The number of aromatic amines is 1. The van der Waals surface area contributed by atoms with Gasteiger partial charge in [-0.1, -0.05) is 13.3 Å². The lowest BCUT2D eigenvalue weighted by Gasteiger charge is -2.14. The van der Waals surface area contributed by atoms with Gasteiger partial charge in [-0.15, -0.1) is 0 Å². The normalized spacial score (nSPS) is 18.0. The Bertz CT molecular complexity index is 573. The molecule has 1 fully saturated rings. The van der Waals surface area contributed by atoms with Gasteiger partial charge in [0.25, 0.3) is 5.56 Å².